The number of ketones is 1. The molecule has 0 aromatic carbocycles. The predicted octanol–water partition coefficient (Wildman–Crippen LogP) is 2.36. The Balaban J connectivity index is 2.22. The van der Waals surface area contributed by atoms with Crippen molar-refractivity contribution in [2.45, 2.75) is 57.6 Å². The molecule has 1 heterocycles. The van der Waals surface area contributed by atoms with Gasteiger partial charge in [-0.15, -0.1) is 0 Å². The highest BCUT2D eigenvalue weighted by atomic mass is 32.2. The molecule has 6 heteroatoms. The average Bonchev–Trinajstić information content (AvgIpc) is 2.38. The second-order valence-electron chi connectivity index (χ2n) is 6.12. The highest BCUT2D eigenvalue weighted by Crippen LogP contribution is 2.17. The lowest BCUT2D eigenvalue weighted by atomic mass is 10.1. The number of hydrogen-bond acceptors (Lipinski definition) is 5. The smallest absolute Gasteiger partial charge is 0.155 e. The zero-order valence-electron chi connectivity index (χ0n) is 13.0. The van der Waals surface area contributed by atoms with Gasteiger partial charge in [-0.3, -0.25) is 4.79 Å². The highest BCUT2D eigenvalue weighted by molar-refractivity contribution is 7.92. The van der Waals surface area contributed by atoms with Crippen LogP contribution in [-0.2, 0) is 21.1 Å². The van der Waals surface area contributed by atoms with Crippen LogP contribution < -0.4 is 0 Å². The maximum atomic E-state index is 11.9. The quantitative estimate of drug-likeness (QED) is 0.689. The van der Waals surface area contributed by atoms with E-state index in [9.17, 15) is 13.2 Å². The van der Waals surface area contributed by atoms with Gasteiger partial charge in [0.1, 0.15) is 11.6 Å². The molecule has 21 heavy (non-hydrogen) atoms. The minimum Gasteiger partial charge on any atom is -0.299 e. The van der Waals surface area contributed by atoms with Gasteiger partial charge in [0.05, 0.1) is 16.9 Å². The molecule has 0 aliphatic rings. The Kier molecular flexibility index (Phi) is 6.45. The molecule has 0 aliphatic heterocycles. The van der Waals surface area contributed by atoms with Crippen molar-refractivity contribution in [2.75, 3.05) is 5.75 Å². The molecular weight excluding hydrogens is 288 g/mol. The molecule has 0 spiro atoms. The van der Waals surface area contributed by atoms with Crippen LogP contribution in [0.5, 0.6) is 0 Å². The van der Waals surface area contributed by atoms with Crippen LogP contribution in [0.3, 0.4) is 0 Å². The Morgan fingerprint density at radius 2 is 1.71 bits per heavy atom. The Labute approximate surface area is 127 Å². The summed E-state index contributed by atoms with van der Waals surface area (Å²) in [7, 11) is -3.05. The molecule has 5 nitrogen and oxygen atoms in total. The number of unbranched alkanes of at least 4 members (excludes halogenated alkanes) is 2. The Hall–Kier alpha value is -1.30. The lowest BCUT2D eigenvalue weighted by Gasteiger charge is -2.18. The van der Waals surface area contributed by atoms with E-state index in [0.717, 1.165) is 6.42 Å². The van der Waals surface area contributed by atoms with Gasteiger partial charge in [-0.05, 0) is 39.7 Å². The van der Waals surface area contributed by atoms with Gasteiger partial charge in [0.15, 0.2) is 9.84 Å². The molecule has 0 radical (unpaired) electrons. The molecule has 0 saturated carbocycles. The van der Waals surface area contributed by atoms with Crippen molar-refractivity contribution < 1.29 is 13.2 Å². The number of sulfone groups is 1. The minimum atomic E-state index is -3.05. The fourth-order valence-electron chi connectivity index (χ4n) is 1.78. The molecule has 118 valence electrons. The fourth-order valence-corrected chi connectivity index (χ4v) is 2.98. The summed E-state index contributed by atoms with van der Waals surface area (Å²) in [4.78, 5) is 19.8. The van der Waals surface area contributed by atoms with E-state index < -0.39 is 14.6 Å². The molecule has 0 amide bonds. The number of carbonyl (C=O) groups excluding carboxylic acids is 1. The number of nitrogens with zero attached hydrogens (tertiary/aromatic N) is 2. The number of hydrogen-bond donors (Lipinski definition) is 0. The second kappa shape index (κ2) is 7.64. The van der Waals surface area contributed by atoms with Crippen molar-refractivity contribution in [1.29, 1.82) is 0 Å². The standard InChI is InChI=1S/C15H24N2O3S/c1-15(2,3)21(19,20)11-6-4-5-8-13(18)12-14-16-9-7-10-17-14/h7,9-10H,4-6,8,11-12H2,1-3H3. The largest absolute Gasteiger partial charge is 0.299 e. The van der Waals surface area contributed by atoms with E-state index in [4.69, 9.17) is 0 Å². The van der Waals surface area contributed by atoms with Gasteiger partial charge in [0.25, 0.3) is 0 Å². The lowest BCUT2D eigenvalue weighted by Crippen LogP contribution is -2.30. The monoisotopic (exact) mass is 312 g/mol. The normalized spacial score (nSPS) is 12.3. The highest BCUT2D eigenvalue weighted by Gasteiger charge is 2.27. The number of aromatic nitrogens is 2. The zero-order chi connectivity index (χ0) is 15.9. The first-order chi connectivity index (χ1) is 9.72. The van der Waals surface area contributed by atoms with Crippen LogP contribution in [0.4, 0.5) is 0 Å². The average molecular weight is 312 g/mol. The summed E-state index contributed by atoms with van der Waals surface area (Å²) >= 11 is 0. The molecule has 0 saturated heterocycles. The molecule has 0 atom stereocenters. The van der Waals surface area contributed by atoms with Crippen LogP contribution in [0.1, 0.15) is 52.3 Å². The Bertz CT molecular complexity index is 548. The zero-order valence-corrected chi connectivity index (χ0v) is 13.8. The van der Waals surface area contributed by atoms with E-state index >= 15 is 0 Å². The summed E-state index contributed by atoms with van der Waals surface area (Å²) in [5, 5.41) is 0. The summed E-state index contributed by atoms with van der Waals surface area (Å²) in [5.41, 5.74) is 0. The molecule has 1 aromatic rings. The minimum absolute atomic E-state index is 0.0971. The van der Waals surface area contributed by atoms with E-state index in [2.05, 4.69) is 9.97 Å². The first kappa shape index (κ1) is 17.8. The summed E-state index contributed by atoms with van der Waals surface area (Å²) in [5.74, 6) is 0.824. The van der Waals surface area contributed by atoms with Gasteiger partial charge in [-0.25, -0.2) is 18.4 Å². The number of rotatable bonds is 8. The molecule has 0 N–H and O–H groups in total. The summed E-state index contributed by atoms with van der Waals surface area (Å²) in [6.07, 6.45) is 6.01. The third kappa shape index (κ3) is 6.33. The van der Waals surface area contributed by atoms with E-state index in [-0.39, 0.29) is 18.0 Å². The second-order valence-corrected chi connectivity index (χ2v) is 8.98. The van der Waals surface area contributed by atoms with E-state index in [0.29, 0.717) is 25.1 Å². The van der Waals surface area contributed by atoms with Crippen molar-refractivity contribution in [1.82, 2.24) is 9.97 Å². The Morgan fingerprint density at radius 3 is 2.29 bits per heavy atom. The van der Waals surface area contributed by atoms with Crippen LogP contribution >= 0.6 is 0 Å². The van der Waals surface area contributed by atoms with Crippen molar-refractivity contribution in [2.24, 2.45) is 0 Å². The van der Waals surface area contributed by atoms with Gasteiger partial charge in [-0.1, -0.05) is 6.42 Å². The predicted molar refractivity (Wildman–Crippen MR) is 82.8 cm³/mol. The SMILES string of the molecule is CC(C)(C)S(=O)(=O)CCCCCC(=O)Cc1ncccn1. The van der Waals surface area contributed by atoms with Crippen LogP contribution in [0.2, 0.25) is 0 Å². The van der Waals surface area contributed by atoms with Crippen molar-refractivity contribution in [3.8, 4) is 0 Å². The number of Topliss-reactive ketones (excluding diaryl/α,β-unsaturated/α-hetero) is 1. The lowest BCUT2D eigenvalue weighted by molar-refractivity contribution is -0.118. The van der Waals surface area contributed by atoms with Crippen LogP contribution in [0.15, 0.2) is 18.5 Å². The van der Waals surface area contributed by atoms with Gasteiger partial charge in [0.2, 0.25) is 0 Å². The van der Waals surface area contributed by atoms with Crippen molar-refractivity contribution >= 4 is 15.6 Å². The third-order valence-corrected chi connectivity index (χ3v) is 5.97. The van der Waals surface area contributed by atoms with E-state index in [1.807, 2.05) is 0 Å². The molecule has 0 aliphatic carbocycles. The topological polar surface area (TPSA) is 77.0 Å². The van der Waals surface area contributed by atoms with Gasteiger partial charge in [0, 0.05) is 18.8 Å². The molecular formula is C15H24N2O3S. The first-order valence-corrected chi connectivity index (χ1v) is 8.87. The maximum absolute atomic E-state index is 11.9. The van der Waals surface area contributed by atoms with Gasteiger partial charge < -0.3 is 0 Å². The fraction of sp³-hybridized carbons (Fsp3) is 0.667. The molecule has 1 rings (SSSR count). The molecule has 1 aromatic heterocycles. The van der Waals surface area contributed by atoms with Crippen LogP contribution in [0.25, 0.3) is 0 Å². The summed E-state index contributed by atoms with van der Waals surface area (Å²) in [6, 6.07) is 1.71. The van der Waals surface area contributed by atoms with E-state index in [1.165, 1.54) is 0 Å². The molecule has 0 unspecified atom stereocenters. The molecule has 0 bridgehead atoms. The first-order valence-electron chi connectivity index (χ1n) is 7.22. The number of carbonyl (C=O) groups is 1. The molecule has 0 fully saturated rings. The van der Waals surface area contributed by atoms with E-state index in [1.54, 1.807) is 39.2 Å². The summed E-state index contributed by atoms with van der Waals surface area (Å²) < 4.78 is 23.1. The maximum Gasteiger partial charge on any atom is 0.155 e. The van der Waals surface area contributed by atoms with Crippen LogP contribution in [0, 0.1) is 0 Å². The van der Waals surface area contributed by atoms with Crippen LogP contribution in [-0.4, -0.2) is 34.7 Å². The van der Waals surface area contributed by atoms with Gasteiger partial charge in [-0.2, -0.15) is 0 Å². The third-order valence-electron chi connectivity index (χ3n) is 3.28. The van der Waals surface area contributed by atoms with Crippen molar-refractivity contribution in [3.63, 3.8) is 0 Å². The van der Waals surface area contributed by atoms with Crippen molar-refractivity contribution in [3.05, 3.63) is 24.3 Å². The Morgan fingerprint density at radius 1 is 1.10 bits per heavy atom. The van der Waals surface area contributed by atoms with Gasteiger partial charge >= 0.3 is 0 Å². The summed E-state index contributed by atoms with van der Waals surface area (Å²) in [6.45, 7) is 5.14.